The SMILES string of the molecule is CCC/C=C\C/C=C\CCCCCCCCOCC(COC(=O)CCCCCCCC/C=C\C/C=C\C/C=C\CCCCC)OC(=O)CCCCCCCCCCCCCCC. The molecular weight excluding hydrogens is 765 g/mol. The molecule has 0 aliphatic heterocycles. The van der Waals surface area contributed by atoms with Crippen molar-refractivity contribution in [3.8, 4) is 0 Å². The lowest BCUT2D eigenvalue weighted by Gasteiger charge is -2.18. The van der Waals surface area contributed by atoms with Crippen molar-refractivity contribution in [1.82, 2.24) is 0 Å². The van der Waals surface area contributed by atoms with Gasteiger partial charge >= 0.3 is 11.9 Å². The van der Waals surface area contributed by atoms with Crippen LogP contribution in [0.1, 0.15) is 265 Å². The van der Waals surface area contributed by atoms with Crippen LogP contribution in [0.5, 0.6) is 0 Å². The van der Waals surface area contributed by atoms with Gasteiger partial charge < -0.3 is 14.2 Å². The Balaban J connectivity index is 4.27. The summed E-state index contributed by atoms with van der Waals surface area (Å²) >= 11 is 0. The molecular formula is C57H102O5. The van der Waals surface area contributed by atoms with Gasteiger partial charge in [0.1, 0.15) is 6.61 Å². The van der Waals surface area contributed by atoms with Crippen molar-refractivity contribution in [2.24, 2.45) is 0 Å². The summed E-state index contributed by atoms with van der Waals surface area (Å²) in [5.41, 5.74) is 0. The van der Waals surface area contributed by atoms with E-state index in [1.165, 1.54) is 161 Å². The fraction of sp³-hybridized carbons (Fsp3) is 0.789. The van der Waals surface area contributed by atoms with E-state index in [1.807, 2.05) is 0 Å². The van der Waals surface area contributed by atoms with Crippen LogP contribution in [-0.2, 0) is 23.8 Å². The molecule has 0 saturated heterocycles. The number of ether oxygens (including phenoxy) is 3. The van der Waals surface area contributed by atoms with Crippen LogP contribution in [0, 0.1) is 0 Å². The molecule has 0 radical (unpaired) electrons. The number of rotatable bonds is 49. The highest BCUT2D eigenvalue weighted by Gasteiger charge is 2.17. The van der Waals surface area contributed by atoms with Crippen LogP contribution < -0.4 is 0 Å². The van der Waals surface area contributed by atoms with Crippen LogP contribution in [0.3, 0.4) is 0 Å². The quantitative estimate of drug-likeness (QED) is 0.0346. The standard InChI is InChI=1S/C57H102O5/c1-4-7-10-13-16-19-22-25-27-28-29-30-31-33-35-38-41-44-47-50-56(58)61-54-55(53-60-52-49-46-43-40-37-34-26-23-20-17-14-11-8-5-2)62-57(59)51-48-45-42-39-36-32-24-21-18-15-12-9-6-3/h11,14,16,19-20,23,25,27,29-30,55H,4-10,12-13,15,17-18,21-22,24,26,28,31-54H2,1-3H3/b14-11-,19-16-,23-20-,27-25-,30-29-. The number of allylic oxidation sites excluding steroid dienone is 10. The topological polar surface area (TPSA) is 61.8 Å². The van der Waals surface area contributed by atoms with E-state index in [1.54, 1.807) is 0 Å². The Morgan fingerprint density at radius 1 is 0.355 bits per heavy atom. The Kier molecular flexibility index (Phi) is 50.9. The summed E-state index contributed by atoms with van der Waals surface area (Å²) in [5.74, 6) is -0.409. The lowest BCUT2D eigenvalue weighted by molar-refractivity contribution is -0.163. The zero-order valence-electron chi connectivity index (χ0n) is 41.4. The molecule has 5 nitrogen and oxygen atoms in total. The highest BCUT2D eigenvalue weighted by molar-refractivity contribution is 5.70. The van der Waals surface area contributed by atoms with Gasteiger partial charge in [0, 0.05) is 19.4 Å². The number of unbranched alkanes of at least 4 members (excludes halogenated alkanes) is 28. The smallest absolute Gasteiger partial charge is 0.306 e. The number of hydrogen-bond acceptors (Lipinski definition) is 5. The summed E-state index contributed by atoms with van der Waals surface area (Å²) in [5, 5.41) is 0. The van der Waals surface area contributed by atoms with Crippen LogP contribution in [0.15, 0.2) is 60.8 Å². The summed E-state index contributed by atoms with van der Waals surface area (Å²) in [6.45, 7) is 7.73. The highest BCUT2D eigenvalue weighted by atomic mass is 16.6. The van der Waals surface area contributed by atoms with Crippen LogP contribution in [0.25, 0.3) is 0 Å². The first kappa shape index (κ1) is 59.6. The first-order valence-corrected chi connectivity index (χ1v) is 26.8. The molecule has 0 aliphatic rings. The molecule has 0 spiro atoms. The maximum absolute atomic E-state index is 12.8. The lowest BCUT2D eigenvalue weighted by atomic mass is 10.0. The van der Waals surface area contributed by atoms with Gasteiger partial charge in [-0.15, -0.1) is 0 Å². The molecule has 0 amide bonds. The fourth-order valence-electron chi connectivity index (χ4n) is 7.50. The summed E-state index contributed by atoms with van der Waals surface area (Å²) < 4.78 is 17.4. The van der Waals surface area contributed by atoms with Gasteiger partial charge in [0.2, 0.25) is 0 Å². The second-order valence-electron chi connectivity index (χ2n) is 17.8. The largest absolute Gasteiger partial charge is 0.462 e. The van der Waals surface area contributed by atoms with Gasteiger partial charge in [-0.3, -0.25) is 9.59 Å². The maximum atomic E-state index is 12.8. The second kappa shape index (κ2) is 52.9. The average molecular weight is 867 g/mol. The molecule has 0 aromatic rings. The molecule has 0 fully saturated rings. The zero-order chi connectivity index (χ0) is 44.9. The first-order chi connectivity index (χ1) is 30.6. The van der Waals surface area contributed by atoms with Crippen molar-refractivity contribution in [2.75, 3.05) is 19.8 Å². The molecule has 0 saturated carbocycles. The van der Waals surface area contributed by atoms with Gasteiger partial charge in [0.25, 0.3) is 0 Å². The zero-order valence-corrected chi connectivity index (χ0v) is 41.4. The predicted molar refractivity (Wildman–Crippen MR) is 270 cm³/mol. The molecule has 0 rings (SSSR count). The van der Waals surface area contributed by atoms with Crippen LogP contribution in [0.2, 0.25) is 0 Å². The maximum Gasteiger partial charge on any atom is 0.306 e. The second-order valence-corrected chi connectivity index (χ2v) is 17.8. The number of carbonyl (C=O) groups excluding carboxylic acids is 2. The van der Waals surface area contributed by atoms with E-state index >= 15 is 0 Å². The Bertz CT molecular complexity index is 1070. The van der Waals surface area contributed by atoms with Crippen molar-refractivity contribution in [3.05, 3.63) is 60.8 Å². The Hall–Kier alpha value is -2.40. The van der Waals surface area contributed by atoms with E-state index in [4.69, 9.17) is 14.2 Å². The van der Waals surface area contributed by atoms with Crippen LogP contribution >= 0.6 is 0 Å². The molecule has 0 aromatic carbocycles. The Morgan fingerprint density at radius 2 is 0.710 bits per heavy atom. The molecule has 5 heteroatoms. The van der Waals surface area contributed by atoms with Crippen molar-refractivity contribution < 1.29 is 23.8 Å². The lowest BCUT2D eigenvalue weighted by Crippen LogP contribution is -2.30. The molecule has 62 heavy (non-hydrogen) atoms. The first-order valence-electron chi connectivity index (χ1n) is 26.8. The van der Waals surface area contributed by atoms with Gasteiger partial charge in [0.05, 0.1) is 6.61 Å². The Morgan fingerprint density at radius 3 is 1.18 bits per heavy atom. The predicted octanol–water partition coefficient (Wildman–Crippen LogP) is 18.1. The van der Waals surface area contributed by atoms with Crippen molar-refractivity contribution in [1.29, 1.82) is 0 Å². The molecule has 1 unspecified atom stereocenters. The van der Waals surface area contributed by atoms with Gasteiger partial charge in [-0.2, -0.15) is 0 Å². The van der Waals surface area contributed by atoms with E-state index in [0.29, 0.717) is 19.4 Å². The van der Waals surface area contributed by atoms with Gasteiger partial charge in [-0.25, -0.2) is 0 Å². The van der Waals surface area contributed by atoms with E-state index in [2.05, 4.69) is 81.5 Å². The Labute approximate surface area is 385 Å². The van der Waals surface area contributed by atoms with Gasteiger partial charge in [-0.05, 0) is 83.5 Å². The molecule has 360 valence electrons. The van der Waals surface area contributed by atoms with Crippen LogP contribution in [0.4, 0.5) is 0 Å². The minimum absolute atomic E-state index is 0.0755. The van der Waals surface area contributed by atoms with E-state index in [0.717, 1.165) is 70.6 Å². The normalized spacial score (nSPS) is 12.6. The van der Waals surface area contributed by atoms with Crippen molar-refractivity contribution >= 4 is 11.9 Å². The van der Waals surface area contributed by atoms with Gasteiger partial charge in [0.15, 0.2) is 6.10 Å². The summed E-state index contributed by atoms with van der Waals surface area (Å²) in [6, 6.07) is 0. The van der Waals surface area contributed by atoms with E-state index < -0.39 is 6.10 Å². The third-order valence-corrected chi connectivity index (χ3v) is 11.5. The molecule has 0 aromatic heterocycles. The third kappa shape index (κ3) is 50.2. The summed E-state index contributed by atoms with van der Waals surface area (Å²) in [4.78, 5) is 25.4. The van der Waals surface area contributed by atoms with Crippen molar-refractivity contribution in [2.45, 2.75) is 271 Å². The number of carbonyl (C=O) groups is 2. The van der Waals surface area contributed by atoms with Crippen molar-refractivity contribution in [3.63, 3.8) is 0 Å². The number of esters is 2. The minimum atomic E-state index is -0.545. The van der Waals surface area contributed by atoms with Gasteiger partial charge in [-0.1, -0.05) is 229 Å². The molecule has 0 bridgehead atoms. The number of hydrogen-bond donors (Lipinski definition) is 0. The van der Waals surface area contributed by atoms with E-state index in [9.17, 15) is 9.59 Å². The third-order valence-electron chi connectivity index (χ3n) is 11.5. The highest BCUT2D eigenvalue weighted by Crippen LogP contribution is 2.15. The minimum Gasteiger partial charge on any atom is -0.462 e. The average Bonchev–Trinajstić information content (AvgIpc) is 3.27. The molecule has 0 heterocycles. The molecule has 0 N–H and O–H groups in total. The molecule has 1 atom stereocenters. The van der Waals surface area contributed by atoms with E-state index in [-0.39, 0.29) is 25.2 Å². The monoisotopic (exact) mass is 867 g/mol. The summed E-state index contributed by atoms with van der Waals surface area (Å²) in [6.07, 6.45) is 66.5. The molecule has 0 aliphatic carbocycles. The fourth-order valence-corrected chi connectivity index (χ4v) is 7.50. The van der Waals surface area contributed by atoms with Crippen LogP contribution in [-0.4, -0.2) is 37.9 Å². The summed E-state index contributed by atoms with van der Waals surface area (Å²) in [7, 11) is 0.